The van der Waals surface area contributed by atoms with Gasteiger partial charge in [-0.05, 0) is 55.6 Å². The Balaban J connectivity index is 1.33. The van der Waals surface area contributed by atoms with Gasteiger partial charge in [0.2, 0.25) is 5.78 Å². The van der Waals surface area contributed by atoms with Gasteiger partial charge in [-0.2, -0.15) is 0 Å². The molecular weight excluding hydrogens is 543 g/mol. The van der Waals surface area contributed by atoms with Crippen molar-refractivity contribution in [2.45, 2.75) is 50.7 Å². The molecule has 0 spiro atoms. The summed E-state index contributed by atoms with van der Waals surface area (Å²) in [6, 6.07) is 11.2. The van der Waals surface area contributed by atoms with Crippen molar-refractivity contribution in [3.63, 3.8) is 0 Å². The Morgan fingerprint density at radius 2 is 1.81 bits per heavy atom. The number of Topliss-reactive ketones (excluding diaryl/α,β-unsaturated/α-hetero) is 2. The summed E-state index contributed by atoms with van der Waals surface area (Å²) in [4.78, 5) is 40.7. The Kier molecular flexibility index (Phi) is 6.93. The summed E-state index contributed by atoms with van der Waals surface area (Å²) in [6.45, 7) is 1.73. The SMILES string of the molecule is NC(=O)C1=C(O)C[C@@H]2CC3Cc4c(F)c(CN(CCc5ccccc5)CC5CC5)cc(O)c4C(=O)C3=C(O)[C@]2(O)C1=O. The van der Waals surface area contributed by atoms with Crippen LogP contribution in [0.4, 0.5) is 4.39 Å². The second-order valence-electron chi connectivity index (χ2n) is 12.0. The highest BCUT2D eigenvalue weighted by Crippen LogP contribution is 2.51. The Labute approximate surface area is 241 Å². The minimum absolute atomic E-state index is 0.0242. The van der Waals surface area contributed by atoms with E-state index < -0.39 is 63.6 Å². The molecule has 0 bridgehead atoms. The van der Waals surface area contributed by atoms with E-state index in [1.54, 1.807) is 0 Å². The summed E-state index contributed by atoms with van der Waals surface area (Å²) in [5.74, 6) is -7.34. The largest absolute Gasteiger partial charge is 0.511 e. The molecule has 1 amide bonds. The number of carbonyl (C=O) groups excluding carboxylic acids is 3. The second kappa shape index (κ2) is 10.4. The number of aliphatic hydroxyl groups excluding tert-OH is 2. The van der Waals surface area contributed by atoms with Crippen LogP contribution >= 0.6 is 0 Å². The zero-order valence-corrected chi connectivity index (χ0v) is 23.0. The maximum Gasteiger partial charge on any atom is 0.255 e. The maximum atomic E-state index is 16.1. The van der Waals surface area contributed by atoms with Gasteiger partial charge in [0.1, 0.15) is 28.7 Å². The van der Waals surface area contributed by atoms with Crippen LogP contribution in [0.3, 0.4) is 0 Å². The Hall–Kier alpha value is -4.02. The topological polar surface area (TPSA) is 161 Å². The fraction of sp³-hybridized carbons (Fsp3) is 0.406. The molecule has 1 saturated carbocycles. The molecule has 4 aliphatic carbocycles. The zero-order chi connectivity index (χ0) is 29.9. The van der Waals surface area contributed by atoms with Crippen LogP contribution in [0.1, 0.15) is 52.7 Å². The molecule has 0 radical (unpaired) electrons. The number of primary amides is 1. The molecule has 6 rings (SSSR count). The molecule has 2 aromatic carbocycles. The third kappa shape index (κ3) is 4.59. The van der Waals surface area contributed by atoms with E-state index in [1.807, 2.05) is 30.3 Å². The number of hydrogen-bond donors (Lipinski definition) is 5. The highest BCUT2D eigenvalue weighted by atomic mass is 19.1. The number of aromatic hydroxyl groups is 1. The lowest BCUT2D eigenvalue weighted by Crippen LogP contribution is -2.57. The monoisotopic (exact) mass is 576 g/mol. The number of aliphatic hydroxyl groups is 3. The van der Waals surface area contributed by atoms with Crippen LogP contribution in [-0.4, -0.2) is 61.5 Å². The Bertz CT molecular complexity index is 1560. The van der Waals surface area contributed by atoms with Crippen molar-refractivity contribution in [2.24, 2.45) is 23.5 Å². The lowest BCUT2D eigenvalue weighted by atomic mass is 9.60. The van der Waals surface area contributed by atoms with Gasteiger partial charge in [0, 0.05) is 48.7 Å². The molecule has 0 aliphatic heterocycles. The van der Waals surface area contributed by atoms with E-state index >= 15 is 4.39 Å². The molecular formula is C32H33FN2O7. The number of phenols is 1. The summed E-state index contributed by atoms with van der Waals surface area (Å²) in [5.41, 5.74) is 2.58. The second-order valence-corrected chi connectivity index (χ2v) is 12.0. The van der Waals surface area contributed by atoms with Crippen LogP contribution in [0, 0.1) is 23.6 Å². The normalized spacial score (nSPS) is 25.4. The molecule has 6 N–H and O–H groups in total. The Morgan fingerprint density at radius 3 is 2.48 bits per heavy atom. The fourth-order valence-corrected chi connectivity index (χ4v) is 6.91. The Morgan fingerprint density at radius 1 is 1.10 bits per heavy atom. The summed E-state index contributed by atoms with van der Waals surface area (Å²) in [6.07, 6.45) is 2.58. The van der Waals surface area contributed by atoms with Gasteiger partial charge < -0.3 is 26.2 Å². The molecule has 0 saturated heterocycles. The average molecular weight is 577 g/mol. The number of nitrogens with zero attached hydrogens (tertiary/aromatic N) is 1. The quantitative estimate of drug-likeness (QED) is 0.300. The van der Waals surface area contributed by atoms with Crippen molar-refractivity contribution in [3.05, 3.63) is 87.1 Å². The lowest BCUT2D eigenvalue weighted by Gasteiger charge is -2.45. The van der Waals surface area contributed by atoms with E-state index in [0.717, 1.165) is 25.8 Å². The molecule has 10 heteroatoms. The van der Waals surface area contributed by atoms with Gasteiger partial charge in [0.15, 0.2) is 11.4 Å². The van der Waals surface area contributed by atoms with Gasteiger partial charge >= 0.3 is 0 Å². The van der Waals surface area contributed by atoms with E-state index in [2.05, 4.69) is 4.90 Å². The van der Waals surface area contributed by atoms with Gasteiger partial charge in [-0.25, -0.2) is 4.39 Å². The highest BCUT2D eigenvalue weighted by molar-refractivity contribution is 6.24. The molecule has 4 aliphatic rings. The first kappa shape index (κ1) is 28.1. The number of ketones is 2. The van der Waals surface area contributed by atoms with Crippen molar-refractivity contribution >= 4 is 17.5 Å². The molecule has 1 unspecified atom stereocenters. The number of fused-ring (bicyclic) bond motifs is 3. The number of phenolic OH excluding ortho intramolecular Hbond substituents is 1. The van der Waals surface area contributed by atoms with Crippen molar-refractivity contribution in [2.75, 3.05) is 13.1 Å². The third-order valence-electron chi connectivity index (χ3n) is 9.24. The van der Waals surface area contributed by atoms with Crippen LogP contribution in [0.25, 0.3) is 0 Å². The van der Waals surface area contributed by atoms with E-state index in [0.29, 0.717) is 12.5 Å². The van der Waals surface area contributed by atoms with Crippen LogP contribution in [0.5, 0.6) is 5.75 Å². The van der Waals surface area contributed by atoms with Crippen molar-refractivity contribution in [1.29, 1.82) is 0 Å². The number of amides is 1. The number of allylic oxidation sites excluding steroid dienone is 2. The maximum absolute atomic E-state index is 16.1. The minimum Gasteiger partial charge on any atom is -0.511 e. The van der Waals surface area contributed by atoms with Crippen LogP contribution in [0.2, 0.25) is 0 Å². The van der Waals surface area contributed by atoms with E-state index in [9.17, 15) is 34.8 Å². The smallest absolute Gasteiger partial charge is 0.255 e. The summed E-state index contributed by atoms with van der Waals surface area (Å²) >= 11 is 0. The van der Waals surface area contributed by atoms with E-state index in [-0.39, 0.29) is 48.1 Å². The van der Waals surface area contributed by atoms with Crippen molar-refractivity contribution in [3.8, 4) is 5.75 Å². The van der Waals surface area contributed by atoms with Crippen molar-refractivity contribution in [1.82, 2.24) is 4.90 Å². The summed E-state index contributed by atoms with van der Waals surface area (Å²) in [7, 11) is 0. The third-order valence-corrected chi connectivity index (χ3v) is 9.24. The number of carbonyl (C=O) groups is 3. The molecule has 1 fully saturated rings. The summed E-state index contributed by atoms with van der Waals surface area (Å²) in [5, 5.41) is 43.8. The number of hydrogen-bond acceptors (Lipinski definition) is 8. The van der Waals surface area contributed by atoms with Crippen LogP contribution in [-0.2, 0) is 29.0 Å². The van der Waals surface area contributed by atoms with Gasteiger partial charge in [0.05, 0.1) is 5.56 Å². The summed E-state index contributed by atoms with van der Waals surface area (Å²) < 4.78 is 16.1. The number of rotatable bonds is 8. The van der Waals surface area contributed by atoms with E-state index in [4.69, 9.17) is 5.73 Å². The van der Waals surface area contributed by atoms with E-state index in [1.165, 1.54) is 11.6 Å². The van der Waals surface area contributed by atoms with Crippen LogP contribution < -0.4 is 5.73 Å². The molecule has 2 aromatic rings. The molecule has 0 heterocycles. The molecule has 220 valence electrons. The first-order chi connectivity index (χ1) is 20.0. The fourth-order valence-electron chi connectivity index (χ4n) is 6.91. The molecule has 9 nitrogen and oxygen atoms in total. The molecule has 3 atom stereocenters. The lowest BCUT2D eigenvalue weighted by molar-refractivity contribution is -0.144. The van der Waals surface area contributed by atoms with Gasteiger partial charge in [-0.15, -0.1) is 0 Å². The van der Waals surface area contributed by atoms with Gasteiger partial charge in [-0.1, -0.05) is 30.3 Å². The predicted molar refractivity (Wildman–Crippen MR) is 149 cm³/mol. The van der Waals surface area contributed by atoms with Gasteiger partial charge in [0.25, 0.3) is 5.91 Å². The first-order valence-corrected chi connectivity index (χ1v) is 14.3. The van der Waals surface area contributed by atoms with Crippen LogP contribution in [0.15, 0.2) is 59.1 Å². The van der Waals surface area contributed by atoms with Crippen molar-refractivity contribution < 1.29 is 39.2 Å². The highest BCUT2D eigenvalue weighted by Gasteiger charge is 2.59. The zero-order valence-electron chi connectivity index (χ0n) is 23.0. The predicted octanol–water partition coefficient (Wildman–Crippen LogP) is 3.17. The number of nitrogens with two attached hydrogens (primary N) is 1. The standard InChI is InChI=1S/C32H33FN2O7/c33-27-19(15-35(14-17-6-7-17)9-8-16-4-2-1-3-5-16)12-22(36)25-21(27)11-18-10-20-13-23(37)26(31(34)41)30(40)32(20,42)29(39)24(18)28(25)38/h1-5,12,17-18,20,36-37,39,42H,6-11,13-15H2,(H2,34,41)/t18?,20-,32-/m0/s1. The first-order valence-electron chi connectivity index (χ1n) is 14.3. The van der Waals surface area contributed by atoms with Gasteiger partial charge in [-0.3, -0.25) is 19.3 Å². The number of halogens is 1. The number of benzene rings is 2. The molecule has 42 heavy (non-hydrogen) atoms. The average Bonchev–Trinajstić information content (AvgIpc) is 3.76. The minimum atomic E-state index is -2.65. The molecule has 0 aromatic heterocycles.